The Balaban J connectivity index is 2.18. The second-order valence-corrected chi connectivity index (χ2v) is 3.00. The fourth-order valence-corrected chi connectivity index (χ4v) is 1.22. The molecule has 0 unspecified atom stereocenters. The van der Waals surface area contributed by atoms with Crippen molar-refractivity contribution in [1.82, 2.24) is 9.88 Å². The highest BCUT2D eigenvalue weighted by Crippen LogP contribution is 2.15. The van der Waals surface area contributed by atoms with Crippen molar-refractivity contribution in [3.63, 3.8) is 0 Å². The van der Waals surface area contributed by atoms with Crippen molar-refractivity contribution < 1.29 is 4.39 Å². The fourth-order valence-electron chi connectivity index (χ4n) is 1.22. The Morgan fingerprint density at radius 3 is 2.77 bits per heavy atom. The molecule has 3 nitrogen and oxygen atoms in total. The van der Waals surface area contributed by atoms with Gasteiger partial charge in [-0.2, -0.15) is 0 Å². The molecule has 2 heterocycles. The van der Waals surface area contributed by atoms with Gasteiger partial charge in [0.25, 0.3) is 0 Å². The summed E-state index contributed by atoms with van der Waals surface area (Å²) in [5, 5.41) is 0. The Hall–Kier alpha value is -1.58. The lowest BCUT2D eigenvalue weighted by molar-refractivity contribution is 0.494. The maximum atomic E-state index is 12.5. The number of pyridine rings is 1. The highest BCUT2D eigenvalue weighted by atomic mass is 19.1. The molecule has 1 aliphatic heterocycles. The fraction of sp³-hybridized carbons (Fsp3) is 0.222. The van der Waals surface area contributed by atoms with Gasteiger partial charge in [0.15, 0.2) is 0 Å². The van der Waals surface area contributed by atoms with Crippen LogP contribution >= 0.6 is 0 Å². The molecule has 0 amide bonds. The van der Waals surface area contributed by atoms with Crippen LogP contribution in [-0.4, -0.2) is 23.6 Å². The van der Waals surface area contributed by atoms with Crippen LogP contribution in [0.2, 0.25) is 0 Å². The number of hydrogen-bond donors (Lipinski definition) is 0. The van der Waals surface area contributed by atoms with Gasteiger partial charge in [-0.15, -0.1) is 0 Å². The first-order valence-corrected chi connectivity index (χ1v) is 4.02. The summed E-state index contributed by atoms with van der Waals surface area (Å²) in [6, 6.07) is 3.08. The van der Waals surface area contributed by atoms with Crippen molar-refractivity contribution in [2.24, 2.45) is 0 Å². The molecule has 0 atom stereocenters. The summed E-state index contributed by atoms with van der Waals surface area (Å²) in [6.07, 6.45) is 5.09. The number of hydrogen-bond acceptors (Lipinski definition) is 3. The van der Waals surface area contributed by atoms with E-state index < -0.39 is 0 Å². The van der Waals surface area contributed by atoms with Gasteiger partial charge in [0, 0.05) is 19.4 Å². The number of nitrogens with zero attached hydrogens (tertiary/aromatic N) is 3. The topological polar surface area (TPSA) is 19.4 Å². The lowest BCUT2D eigenvalue weighted by Gasteiger charge is -2.16. The summed E-state index contributed by atoms with van der Waals surface area (Å²) >= 11 is 0. The summed E-state index contributed by atoms with van der Waals surface area (Å²) in [5.41, 5.74) is 0. The first-order valence-electron chi connectivity index (χ1n) is 4.02. The van der Waals surface area contributed by atoms with E-state index in [-0.39, 0.29) is 5.82 Å². The monoisotopic (exact) mass is 179 g/mol. The molecule has 0 aromatic carbocycles. The lowest BCUT2D eigenvalue weighted by atomic mass is 10.4. The third-order valence-electron chi connectivity index (χ3n) is 1.88. The number of halogens is 1. The second kappa shape index (κ2) is 3.05. The summed E-state index contributed by atoms with van der Waals surface area (Å²) in [6.45, 7) is 0.763. The average molecular weight is 179 g/mol. The van der Waals surface area contributed by atoms with Crippen molar-refractivity contribution in [3.05, 3.63) is 36.5 Å². The number of anilines is 1. The highest BCUT2D eigenvalue weighted by Gasteiger charge is 2.10. The van der Waals surface area contributed by atoms with Gasteiger partial charge in [0.2, 0.25) is 0 Å². The Bertz CT molecular complexity index is 320. The third kappa shape index (κ3) is 1.61. The van der Waals surface area contributed by atoms with Gasteiger partial charge in [-0.1, -0.05) is 0 Å². The molecule has 1 aromatic heterocycles. The van der Waals surface area contributed by atoms with Crippen LogP contribution in [0, 0.1) is 5.82 Å². The van der Waals surface area contributed by atoms with E-state index in [1.54, 1.807) is 6.07 Å². The lowest BCUT2D eigenvalue weighted by Crippen LogP contribution is -2.22. The van der Waals surface area contributed by atoms with E-state index in [0.717, 1.165) is 12.5 Å². The largest absolute Gasteiger partial charge is 0.361 e. The van der Waals surface area contributed by atoms with Crippen molar-refractivity contribution >= 4 is 5.82 Å². The molecule has 2 rings (SSSR count). The summed E-state index contributed by atoms with van der Waals surface area (Å²) in [5.74, 6) is 0.460. The first kappa shape index (κ1) is 8.04. The molecule has 0 saturated carbocycles. The maximum absolute atomic E-state index is 12.5. The zero-order chi connectivity index (χ0) is 9.26. The molecular weight excluding hydrogens is 169 g/mol. The minimum absolute atomic E-state index is 0.305. The Morgan fingerprint density at radius 1 is 1.38 bits per heavy atom. The van der Waals surface area contributed by atoms with Crippen LogP contribution in [0.25, 0.3) is 0 Å². The van der Waals surface area contributed by atoms with Crippen LogP contribution in [-0.2, 0) is 0 Å². The quantitative estimate of drug-likeness (QED) is 0.649. The van der Waals surface area contributed by atoms with Crippen LogP contribution < -0.4 is 4.90 Å². The second-order valence-electron chi connectivity index (χ2n) is 3.00. The molecule has 1 aromatic rings. The van der Waals surface area contributed by atoms with Gasteiger partial charge in [-0.25, -0.2) is 9.37 Å². The normalized spacial score (nSPS) is 15.5. The molecule has 0 saturated heterocycles. The van der Waals surface area contributed by atoms with E-state index in [1.165, 1.54) is 12.3 Å². The van der Waals surface area contributed by atoms with Gasteiger partial charge >= 0.3 is 0 Å². The Kier molecular flexibility index (Phi) is 1.88. The smallest absolute Gasteiger partial charge is 0.141 e. The van der Waals surface area contributed by atoms with Crippen molar-refractivity contribution in [3.8, 4) is 0 Å². The average Bonchev–Trinajstić information content (AvgIpc) is 2.53. The zero-order valence-electron chi connectivity index (χ0n) is 7.31. The highest BCUT2D eigenvalue weighted by molar-refractivity contribution is 5.42. The van der Waals surface area contributed by atoms with Gasteiger partial charge in [-0.05, 0) is 12.1 Å². The van der Waals surface area contributed by atoms with Crippen LogP contribution in [0.4, 0.5) is 10.2 Å². The van der Waals surface area contributed by atoms with E-state index in [1.807, 2.05) is 29.2 Å². The molecule has 0 spiro atoms. The van der Waals surface area contributed by atoms with E-state index in [9.17, 15) is 4.39 Å². The predicted octanol–water partition coefficient (Wildman–Crippen LogP) is 1.40. The molecule has 0 bridgehead atoms. The molecular formula is C9H10FN3. The molecule has 68 valence electrons. The standard InChI is InChI=1S/C9H10FN3/c1-12-4-5-13(7-12)9-3-2-8(10)6-11-9/h2-6H,7H2,1H3. The third-order valence-corrected chi connectivity index (χ3v) is 1.88. The molecule has 0 N–H and O–H groups in total. The summed E-state index contributed by atoms with van der Waals surface area (Å²) < 4.78 is 12.5. The van der Waals surface area contributed by atoms with E-state index >= 15 is 0 Å². The summed E-state index contributed by atoms with van der Waals surface area (Å²) in [7, 11) is 1.97. The maximum Gasteiger partial charge on any atom is 0.141 e. The molecule has 4 heteroatoms. The van der Waals surface area contributed by atoms with E-state index in [0.29, 0.717) is 0 Å². The van der Waals surface area contributed by atoms with Gasteiger partial charge in [0.05, 0.1) is 12.9 Å². The Morgan fingerprint density at radius 2 is 2.23 bits per heavy atom. The van der Waals surface area contributed by atoms with Crippen molar-refractivity contribution in [1.29, 1.82) is 0 Å². The van der Waals surface area contributed by atoms with Gasteiger partial charge in [-0.3, -0.25) is 0 Å². The van der Waals surface area contributed by atoms with Crippen LogP contribution in [0.1, 0.15) is 0 Å². The summed E-state index contributed by atoms with van der Waals surface area (Å²) in [4.78, 5) is 7.93. The molecule has 13 heavy (non-hydrogen) atoms. The van der Waals surface area contributed by atoms with Crippen LogP contribution in [0.3, 0.4) is 0 Å². The zero-order valence-corrected chi connectivity index (χ0v) is 7.31. The van der Waals surface area contributed by atoms with E-state index in [2.05, 4.69) is 4.98 Å². The Labute approximate surface area is 76.1 Å². The molecule has 0 radical (unpaired) electrons. The number of aromatic nitrogens is 1. The van der Waals surface area contributed by atoms with Gasteiger partial charge in [0.1, 0.15) is 11.6 Å². The van der Waals surface area contributed by atoms with Crippen LogP contribution in [0.5, 0.6) is 0 Å². The van der Waals surface area contributed by atoms with E-state index in [4.69, 9.17) is 0 Å². The molecule has 0 fully saturated rings. The first-order chi connectivity index (χ1) is 6.25. The van der Waals surface area contributed by atoms with Crippen LogP contribution in [0.15, 0.2) is 30.7 Å². The number of rotatable bonds is 1. The van der Waals surface area contributed by atoms with Gasteiger partial charge < -0.3 is 9.80 Å². The minimum Gasteiger partial charge on any atom is -0.361 e. The SMILES string of the molecule is CN1C=CN(c2ccc(F)cn2)C1. The predicted molar refractivity (Wildman–Crippen MR) is 48.4 cm³/mol. The minimum atomic E-state index is -0.305. The molecule has 0 aliphatic carbocycles. The molecule has 1 aliphatic rings. The van der Waals surface area contributed by atoms with Crippen molar-refractivity contribution in [2.45, 2.75) is 0 Å². The van der Waals surface area contributed by atoms with Crippen molar-refractivity contribution in [2.75, 3.05) is 18.6 Å².